The van der Waals surface area contributed by atoms with E-state index >= 15 is 0 Å². The Morgan fingerprint density at radius 3 is 2.88 bits per heavy atom. The van der Waals surface area contributed by atoms with Crippen LogP contribution in [0.4, 0.5) is 4.39 Å². The normalized spacial score (nSPS) is 10.2. The molecule has 0 saturated heterocycles. The highest BCUT2D eigenvalue weighted by atomic mass is 35.5. The van der Waals surface area contributed by atoms with Crippen molar-refractivity contribution in [2.45, 2.75) is 0 Å². The van der Waals surface area contributed by atoms with E-state index in [9.17, 15) is 9.18 Å². The van der Waals surface area contributed by atoms with Gasteiger partial charge in [0.1, 0.15) is 12.2 Å². The van der Waals surface area contributed by atoms with Gasteiger partial charge in [0.2, 0.25) is 5.82 Å². The van der Waals surface area contributed by atoms with Gasteiger partial charge in [0, 0.05) is 7.11 Å². The van der Waals surface area contributed by atoms with Crippen LogP contribution in [0.5, 0.6) is 5.88 Å². The van der Waals surface area contributed by atoms with Gasteiger partial charge in [-0.15, -0.1) is 0 Å². The highest BCUT2D eigenvalue weighted by Gasteiger charge is 2.20. The second-order valence-corrected chi connectivity index (χ2v) is 3.15. The van der Waals surface area contributed by atoms with Crippen molar-refractivity contribution in [2.24, 2.45) is 0 Å². The molecule has 16 heavy (non-hydrogen) atoms. The number of carboxylic acid groups (broad SMARTS) is 1. The minimum Gasteiger partial charge on any atom is -0.478 e. The number of hydrogen-bond donors (Lipinski definition) is 1. The van der Waals surface area contributed by atoms with E-state index in [-0.39, 0.29) is 18.2 Å². The molecule has 88 valence electrons. The molecule has 1 aromatic rings. The maximum Gasteiger partial charge on any atom is 0.340 e. The van der Waals surface area contributed by atoms with Gasteiger partial charge in [-0.1, -0.05) is 11.6 Å². The van der Waals surface area contributed by atoms with E-state index in [0.29, 0.717) is 0 Å². The summed E-state index contributed by atoms with van der Waals surface area (Å²) in [6.45, 7) is 0.313. The molecule has 1 aromatic heterocycles. The van der Waals surface area contributed by atoms with Crippen molar-refractivity contribution >= 4 is 17.6 Å². The van der Waals surface area contributed by atoms with Crippen LogP contribution < -0.4 is 4.74 Å². The SMILES string of the molecule is COCCOc1ncc(Cl)c(C(=O)O)c1F. The van der Waals surface area contributed by atoms with Gasteiger partial charge in [0.25, 0.3) is 5.88 Å². The second-order valence-electron chi connectivity index (χ2n) is 2.75. The second kappa shape index (κ2) is 5.62. The number of methoxy groups -OCH3 is 1. The van der Waals surface area contributed by atoms with Crippen LogP contribution in [0.2, 0.25) is 5.02 Å². The first-order valence-electron chi connectivity index (χ1n) is 4.27. The zero-order valence-corrected chi connectivity index (χ0v) is 9.12. The molecule has 0 radical (unpaired) electrons. The minimum absolute atomic E-state index is 0.0705. The molecular weight excluding hydrogens is 241 g/mol. The number of aromatic nitrogens is 1. The molecule has 0 aromatic carbocycles. The first-order valence-corrected chi connectivity index (χ1v) is 4.64. The van der Waals surface area contributed by atoms with Crippen molar-refractivity contribution in [3.63, 3.8) is 0 Å². The van der Waals surface area contributed by atoms with E-state index < -0.39 is 23.2 Å². The van der Waals surface area contributed by atoms with Gasteiger partial charge in [-0.25, -0.2) is 9.78 Å². The largest absolute Gasteiger partial charge is 0.478 e. The number of hydrogen-bond acceptors (Lipinski definition) is 4. The van der Waals surface area contributed by atoms with Crippen LogP contribution in [0.25, 0.3) is 0 Å². The van der Waals surface area contributed by atoms with Crippen molar-refractivity contribution in [2.75, 3.05) is 20.3 Å². The number of carbonyl (C=O) groups is 1. The third-order valence-electron chi connectivity index (χ3n) is 1.68. The molecular formula is C9H9ClFNO4. The molecule has 0 amide bonds. The summed E-state index contributed by atoms with van der Waals surface area (Å²) in [4.78, 5) is 14.2. The molecule has 0 aliphatic heterocycles. The predicted octanol–water partition coefficient (Wildman–Crippen LogP) is 1.60. The number of rotatable bonds is 5. The van der Waals surface area contributed by atoms with Crippen molar-refractivity contribution in [1.82, 2.24) is 4.98 Å². The van der Waals surface area contributed by atoms with Gasteiger partial charge >= 0.3 is 5.97 Å². The highest BCUT2D eigenvalue weighted by Crippen LogP contribution is 2.24. The number of ether oxygens (including phenoxy) is 2. The average Bonchev–Trinajstić information content (AvgIpc) is 2.21. The Bertz CT molecular complexity index is 399. The van der Waals surface area contributed by atoms with Crippen LogP contribution in [-0.2, 0) is 4.74 Å². The van der Waals surface area contributed by atoms with Gasteiger partial charge in [-0.2, -0.15) is 4.39 Å². The number of halogens is 2. The van der Waals surface area contributed by atoms with Gasteiger partial charge < -0.3 is 14.6 Å². The fraction of sp³-hybridized carbons (Fsp3) is 0.333. The molecule has 7 heteroatoms. The van der Waals surface area contributed by atoms with Gasteiger partial charge in [-0.3, -0.25) is 0 Å². The molecule has 1 N–H and O–H groups in total. The van der Waals surface area contributed by atoms with E-state index in [1.165, 1.54) is 7.11 Å². The Morgan fingerprint density at radius 1 is 1.62 bits per heavy atom. The molecule has 0 fully saturated rings. The zero-order chi connectivity index (χ0) is 12.1. The van der Waals surface area contributed by atoms with Crippen LogP contribution in [0.3, 0.4) is 0 Å². The lowest BCUT2D eigenvalue weighted by Gasteiger charge is -2.07. The summed E-state index contributed by atoms with van der Waals surface area (Å²) in [5.74, 6) is -2.96. The van der Waals surface area contributed by atoms with Crippen LogP contribution in [-0.4, -0.2) is 36.4 Å². The monoisotopic (exact) mass is 249 g/mol. The zero-order valence-electron chi connectivity index (χ0n) is 8.37. The molecule has 1 rings (SSSR count). The Labute approximate surface area is 95.8 Å². The number of carboxylic acids is 1. The van der Waals surface area contributed by atoms with E-state index in [0.717, 1.165) is 6.20 Å². The standard InChI is InChI=1S/C9H9ClFNO4/c1-15-2-3-16-8-7(11)6(9(13)14)5(10)4-12-8/h4H,2-3H2,1H3,(H,13,14). The molecule has 0 saturated carbocycles. The Morgan fingerprint density at radius 2 is 2.31 bits per heavy atom. The van der Waals surface area contributed by atoms with E-state index in [2.05, 4.69) is 9.72 Å². The lowest BCUT2D eigenvalue weighted by atomic mass is 10.2. The molecule has 0 aliphatic carbocycles. The third-order valence-corrected chi connectivity index (χ3v) is 1.97. The van der Waals surface area contributed by atoms with Gasteiger partial charge in [0.05, 0.1) is 17.8 Å². The molecule has 1 heterocycles. The van der Waals surface area contributed by atoms with E-state index in [1.807, 2.05) is 0 Å². The predicted molar refractivity (Wildman–Crippen MR) is 53.5 cm³/mol. The Kier molecular flexibility index (Phi) is 4.45. The lowest BCUT2D eigenvalue weighted by Crippen LogP contribution is -2.10. The van der Waals surface area contributed by atoms with Crippen molar-refractivity contribution in [3.8, 4) is 5.88 Å². The van der Waals surface area contributed by atoms with Gasteiger partial charge in [-0.05, 0) is 0 Å². The summed E-state index contributed by atoms with van der Waals surface area (Å²) in [6, 6.07) is 0. The molecule has 5 nitrogen and oxygen atoms in total. The lowest BCUT2D eigenvalue weighted by molar-refractivity contribution is 0.0690. The van der Waals surface area contributed by atoms with Crippen molar-refractivity contribution in [1.29, 1.82) is 0 Å². The van der Waals surface area contributed by atoms with E-state index in [1.54, 1.807) is 0 Å². The molecule has 0 atom stereocenters. The summed E-state index contributed by atoms with van der Waals surface area (Å²) in [5, 5.41) is 8.44. The van der Waals surface area contributed by atoms with E-state index in [4.69, 9.17) is 21.4 Å². The Hall–Kier alpha value is -1.40. The summed E-state index contributed by atoms with van der Waals surface area (Å²) >= 11 is 5.49. The fourth-order valence-electron chi connectivity index (χ4n) is 0.967. The Balaban J connectivity index is 2.95. The van der Waals surface area contributed by atoms with Crippen LogP contribution in [0.15, 0.2) is 6.20 Å². The van der Waals surface area contributed by atoms with Crippen molar-refractivity contribution < 1.29 is 23.8 Å². The van der Waals surface area contributed by atoms with Crippen LogP contribution in [0, 0.1) is 5.82 Å². The number of aromatic carboxylic acids is 1. The van der Waals surface area contributed by atoms with Crippen LogP contribution >= 0.6 is 11.6 Å². The number of nitrogens with zero attached hydrogens (tertiary/aromatic N) is 1. The number of pyridine rings is 1. The third kappa shape index (κ3) is 2.80. The molecule has 0 unspecified atom stereocenters. The highest BCUT2D eigenvalue weighted by molar-refractivity contribution is 6.33. The topological polar surface area (TPSA) is 68.7 Å². The summed E-state index contributed by atoms with van der Waals surface area (Å²) in [6.07, 6.45) is 1.02. The van der Waals surface area contributed by atoms with Gasteiger partial charge in [0.15, 0.2) is 0 Å². The summed E-state index contributed by atoms with van der Waals surface area (Å²) in [7, 11) is 1.46. The molecule has 0 aliphatic rings. The van der Waals surface area contributed by atoms with Crippen LogP contribution in [0.1, 0.15) is 10.4 Å². The quantitative estimate of drug-likeness (QED) is 0.803. The maximum atomic E-state index is 13.5. The smallest absolute Gasteiger partial charge is 0.340 e. The molecule has 0 spiro atoms. The minimum atomic E-state index is -1.47. The maximum absolute atomic E-state index is 13.5. The van der Waals surface area contributed by atoms with Crippen molar-refractivity contribution in [3.05, 3.63) is 22.6 Å². The fourth-order valence-corrected chi connectivity index (χ4v) is 1.18. The summed E-state index contributed by atoms with van der Waals surface area (Å²) < 4.78 is 23.1. The molecule has 0 bridgehead atoms. The average molecular weight is 250 g/mol. The first kappa shape index (κ1) is 12.7. The summed E-state index contributed by atoms with van der Waals surface area (Å²) in [5.41, 5.74) is -0.649. The first-order chi connectivity index (χ1) is 7.57.